The van der Waals surface area contributed by atoms with E-state index in [2.05, 4.69) is 4.98 Å². The number of nitrogens with zero attached hydrogens (tertiary/aromatic N) is 2. The average molecular weight is 324 g/mol. The molecule has 2 saturated heterocycles. The maximum Gasteiger partial charge on any atom is 0.226 e. The first-order chi connectivity index (χ1) is 10.5. The number of pyridine rings is 1. The highest BCUT2D eigenvalue weighted by Crippen LogP contribution is 2.24. The molecule has 2 aliphatic rings. The molecule has 7 heteroatoms. The lowest BCUT2D eigenvalue weighted by Crippen LogP contribution is -2.44. The normalized spacial score (nSPS) is 25.1. The molecule has 2 aliphatic heterocycles. The highest BCUT2D eigenvalue weighted by atomic mass is 32.2. The molecule has 2 fully saturated rings. The molecule has 0 saturated carbocycles. The van der Waals surface area contributed by atoms with Gasteiger partial charge in [0.25, 0.3) is 0 Å². The van der Waals surface area contributed by atoms with E-state index >= 15 is 0 Å². The Hall–Kier alpha value is -1.63. The minimum absolute atomic E-state index is 0.0107. The van der Waals surface area contributed by atoms with Crippen LogP contribution in [0.25, 0.3) is 0 Å². The van der Waals surface area contributed by atoms with Crippen LogP contribution in [-0.2, 0) is 14.6 Å². The molecule has 6 nitrogen and oxygen atoms in total. The van der Waals surface area contributed by atoms with Crippen LogP contribution in [-0.4, -0.2) is 54.9 Å². The molecule has 120 valence electrons. The summed E-state index contributed by atoms with van der Waals surface area (Å²) in [5.41, 5.74) is 0. The number of piperidine rings is 1. The van der Waals surface area contributed by atoms with Crippen molar-refractivity contribution in [3.8, 4) is 5.75 Å². The predicted octanol–water partition coefficient (Wildman–Crippen LogP) is 0.886. The fourth-order valence-corrected chi connectivity index (χ4v) is 4.78. The Kier molecular flexibility index (Phi) is 4.33. The van der Waals surface area contributed by atoms with E-state index in [-0.39, 0.29) is 29.4 Å². The standard InChI is InChI=1S/C15H20N2O4S/c18-15(12-5-10-22(19,20)11-12)17-8-3-14(4-9-17)21-13-1-6-16-7-2-13/h1-2,6-7,12,14H,3-5,8-11H2/t12-/m0/s1. The summed E-state index contributed by atoms with van der Waals surface area (Å²) in [6, 6.07) is 3.64. The molecule has 1 amide bonds. The number of hydrogen-bond acceptors (Lipinski definition) is 5. The Morgan fingerprint density at radius 3 is 2.45 bits per heavy atom. The second-order valence-electron chi connectivity index (χ2n) is 5.93. The van der Waals surface area contributed by atoms with Crippen LogP contribution in [0.1, 0.15) is 19.3 Å². The molecule has 0 aliphatic carbocycles. The monoisotopic (exact) mass is 324 g/mol. The molecule has 0 aromatic carbocycles. The van der Waals surface area contributed by atoms with E-state index in [0.717, 1.165) is 18.6 Å². The van der Waals surface area contributed by atoms with Gasteiger partial charge in [-0.3, -0.25) is 9.78 Å². The molecule has 22 heavy (non-hydrogen) atoms. The third kappa shape index (κ3) is 3.58. The fraction of sp³-hybridized carbons (Fsp3) is 0.600. The summed E-state index contributed by atoms with van der Waals surface area (Å²) in [7, 11) is -3.01. The quantitative estimate of drug-likeness (QED) is 0.825. The van der Waals surface area contributed by atoms with Gasteiger partial charge in [-0.05, 0) is 18.6 Å². The molecular weight excluding hydrogens is 304 g/mol. The Balaban J connectivity index is 1.50. The lowest BCUT2D eigenvalue weighted by Gasteiger charge is -2.33. The largest absolute Gasteiger partial charge is 0.490 e. The Morgan fingerprint density at radius 1 is 1.18 bits per heavy atom. The molecule has 3 heterocycles. The van der Waals surface area contributed by atoms with Crippen LogP contribution in [0.5, 0.6) is 5.75 Å². The summed E-state index contributed by atoms with van der Waals surface area (Å²) < 4.78 is 28.8. The third-order valence-electron chi connectivity index (χ3n) is 4.29. The Labute approximate surface area is 130 Å². The number of rotatable bonds is 3. The summed E-state index contributed by atoms with van der Waals surface area (Å²) in [4.78, 5) is 18.1. The van der Waals surface area contributed by atoms with Crippen LogP contribution in [0, 0.1) is 5.92 Å². The summed E-state index contributed by atoms with van der Waals surface area (Å²) in [6.45, 7) is 1.26. The summed E-state index contributed by atoms with van der Waals surface area (Å²) in [6.07, 6.45) is 5.48. The van der Waals surface area contributed by atoms with Crippen LogP contribution >= 0.6 is 0 Å². The van der Waals surface area contributed by atoms with Crippen molar-refractivity contribution in [2.75, 3.05) is 24.6 Å². The Bertz CT molecular complexity index is 624. The molecule has 0 spiro atoms. The molecule has 0 unspecified atom stereocenters. The van der Waals surface area contributed by atoms with Gasteiger partial charge in [-0.2, -0.15) is 0 Å². The zero-order chi connectivity index (χ0) is 15.6. The first-order valence-electron chi connectivity index (χ1n) is 7.59. The highest BCUT2D eigenvalue weighted by Gasteiger charge is 2.36. The third-order valence-corrected chi connectivity index (χ3v) is 6.06. The van der Waals surface area contributed by atoms with E-state index < -0.39 is 9.84 Å². The van der Waals surface area contributed by atoms with Crippen LogP contribution < -0.4 is 4.74 Å². The summed E-state index contributed by atoms with van der Waals surface area (Å²) >= 11 is 0. The number of amides is 1. The van der Waals surface area contributed by atoms with E-state index in [9.17, 15) is 13.2 Å². The molecule has 0 radical (unpaired) electrons. The van der Waals surface area contributed by atoms with Crippen molar-refractivity contribution in [3.05, 3.63) is 24.5 Å². The zero-order valence-corrected chi connectivity index (χ0v) is 13.2. The second kappa shape index (κ2) is 6.24. The minimum atomic E-state index is -3.01. The number of likely N-dealkylation sites (tertiary alicyclic amines) is 1. The minimum Gasteiger partial charge on any atom is -0.490 e. The van der Waals surface area contributed by atoms with E-state index in [1.165, 1.54) is 0 Å². The van der Waals surface area contributed by atoms with Crippen molar-refractivity contribution in [2.45, 2.75) is 25.4 Å². The first kappa shape index (κ1) is 15.3. The van der Waals surface area contributed by atoms with Crippen LogP contribution in [0.15, 0.2) is 24.5 Å². The van der Waals surface area contributed by atoms with Gasteiger partial charge in [-0.1, -0.05) is 0 Å². The van der Waals surface area contributed by atoms with Crippen molar-refractivity contribution < 1.29 is 17.9 Å². The van der Waals surface area contributed by atoms with Gasteiger partial charge in [-0.15, -0.1) is 0 Å². The number of ether oxygens (including phenoxy) is 1. The zero-order valence-electron chi connectivity index (χ0n) is 12.3. The van der Waals surface area contributed by atoms with Gasteiger partial charge < -0.3 is 9.64 Å². The summed E-state index contributed by atoms with van der Waals surface area (Å²) in [5, 5.41) is 0. The maximum absolute atomic E-state index is 12.4. The van der Waals surface area contributed by atoms with Crippen molar-refractivity contribution in [3.63, 3.8) is 0 Å². The molecule has 0 bridgehead atoms. The molecular formula is C15H20N2O4S. The molecule has 1 aromatic heterocycles. The smallest absolute Gasteiger partial charge is 0.226 e. The van der Waals surface area contributed by atoms with Crippen molar-refractivity contribution in [1.82, 2.24) is 9.88 Å². The maximum atomic E-state index is 12.4. The molecule has 1 atom stereocenters. The van der Waals surface area contributed by atoms with Gasteiger partial charge in [-0.25, -0.2) is 8.42 Å². The number of carbonyl (C=O) groups excluding carboxylic acids is 1. The first-order valence-corrected chi connectivity index (χ1v) is 9.41. The predicted molar refractivity (Wildman–Crippen MR) is 81.2 cm³/mol. The van der Waals surface area contributed by atoms with Crippen molar-refractivity contribution >= 4 is 15.7 Å². The lowest BCUT2D eigenvalue weighted by molar-refractivity contribution is -0.136. The van der Waals surface area contributed by atoms with E-state index in [1.54, 1.807) is 17.3 Å². The van der Waals surface area contributed by atoms with Gasteiger partial charge in [0.15, 0.2) is 9.84 Å². The number of carbonyl (C=O) groups is 1. The van der Waals surface area contributed by atoms with Crippen molar-refractivity contribution in [1.29, 1.82) is 0 Å². The topological polar surface area (TPSA) is 76.6 Å². The molecule has 3 rings (SSSR count). The van der Waals surface area contributed by atoms with E-state index in [4.69, 9.17) is 4.74 Å². The number of aromatic nitrogens is 1. The Morgan fingerprint density at radius 2 is 1.86 bits per heavy atom. The fourth-order valence-electron chi connectivity index (χ4n) is 3.05. The van der Waals surface area contributed by atoms with Crippen LogP contribution in [0.2, 0.25) is 0 Å². The van der Waals surface area contributed by atoms with Crippen molar-refractivity contribution in [2.24, 2.45) is 5.92 Å². The van der Waals surface area contributed by atoms with Crippen LogP contribution in [0.3, 0.4) is 0 Å². The van der Waals surface area contributed by atoms with Gasteiger partial charge in [0, 0.05) is 38.3 Å². The average Bonchev–Trinajstić information content (AvgIpc) is 2.88. The highest BCUT2D eigenvalue weighted by molar-refractivity contribution is 7.91. The second-order valence-corrected chi connectivity index (χ2v) is 8.15. The molecule has 0 N–H and O–H groups in total. The van der Waals surface area contributed by atoms with Gasteiger partial charge in [0.05, 0.1) is 17.4 Å². The molecule has 1 aromatic rings. The van der Waals surface area contributed by atoms with E-state index in [1.807, 2.05) is 12.1 Å². The van der Waals surface area contributed by atoms with Gasteiger partial charge >= 0.3 is 0 Å². The SMILES string of the molecule is O=C([C@H]1CCS(=O)(=O)C1)N1CCC(Oc2ccncc2)CC1. The summed E-state index contributed by atoms with van der Waals surface area (Å²) in [5.74, 6) is 0.595. The number of hydrogen-bond donors (Lipinski definition) is 0. The van der Waals surface area contributed by atoms with Gasteiger partial charge in [0.1, 0.15) is 11.9 Å². The van der Waals surface area contributed by atoms with E-state index in [0.29, 0.717) is 19.5 Å². The lowest BCUT2D eigenvalue weighted by atomic mass is 10.0. The van der Waals surface area contributed by atoms with Crippen LogP contribution in [0.4, 0.5) is 0 Å². The van der Waals surface area contributed by atoms with Gasteiger partial charge in [0.2, 0.25) is 5.91 Å². The number of sulfone groups is 1.